The smallest absolute Gasteiger partial charge is 0.333 e. The molecule has 0 aliphatic rings. The third kappa shape index (κ3) is 6.45. The van der Waals surface area contributed by atoms with Gasteiger partial charge in [-0.15, -0.1) is 0 Å². The van der Waals surface area contributed by atoms with E-state index in [-0.39, 0.29) is 24.8 Å². The molecule has 2 amide bonds. The minimum atomic E-state index is -0.903. The molecule has 0 fully saturated rings. The largest absolute Gasteiger partial charge is 0.467 e. The van der Waals surface area contributed by atoms with Gasteiger partial charge in [0.25, 0.3) is 5.91 Å². The Morgan fingerprint density at radius 1 is 1.07 bits per heavy atom. The van der Waals surface area contributed by atoms with E-state index in [0.29, 0.717) is 17.5 Å². The second kappa shape index (κ2) is 10.6. The molecule has 1 atom stereocenters. The van der Waals surface area contributed by atoms with E-state index in [0.717, 1.165) is 4.47 Å². The molecule has 0 aliphatic heterocycles. The zero-order valence-electron chi connectivity index (χ0n) is 15.2. The third-order valence-electron chi connectivity index (χ3n) is 3.92. The lowest BCUT2D eigenvalue weighted by molar-refractivity contribution is -0.145. The maximum absolute atomic E-state index is 12.9. The number of ether oxygens (including phenoxy) is 1. The minimum absolute atomic E-state index is 0.119. The van der Waals surface area contributed by atoms with Crippen LogP contribution < -0.4 is 10.6 Å². The van der Waals surface area contributed by atoms with Crippen LogP contribution in [0.4, 0.5) is 4.39 Å². The second-order valence-corrected chi connectivity index (χ2v) is 6.86. The zero-order valence-corrected chi connectivity index (χ0v) is 16.8. The van der Waals surface area contributed by atoms with E-state index < -0.39 is 17.8 Å². The fraction of sp³-hybridized carbons (Fsp3) is 0.250. The number of methoxy groups -OCH3 is 1. The third-order valence-corrected chi connectivity index (χ3v) is 4.45. The van der Waals surface area contributed by atoms with E-state index in [2.05, 4.69) is 26.6 Å². The molecule has 2 N–H and O–H groups in total. The summed E-state index contributed by atoms with van der Waals surface area (Å²) in [6, 6.07) is 11.2. The van der Waals surface area contributed by atoms with Crippen molar-refractivity contribution in [2.75, 3.05) is 13.7 Å². The maximum atomic E-state index is 12.9. The summed E-state index contributed by atoms with van der Waals surface area (Å²) in [4.78, 5) is 36.1. The fourth-order valence-electron chi connectivity index (χ4n) is 2.44. The van der Waals surface area contributed by atoms with Gasteiger partial charge in [0.1, 0.15) is 5.82 Å². The lowest BCUT2D eigenvalue weighted by atomic mass is 10.1. The SMILES string of the molecule is COC(=O)C(NC(=O)CCCNC(=O)c1ccc(F)cc1)c1ccc(Br)cc1. The summed E-state index contributed by atoms with van der Waals surface area (Å²) >= 11 is 3.32. The van der Waals surface area contributed by atoms with Crippen molar-refractivity contribution in [3.63, 3.8) is 0 Å². The van der Waals surface area contributed by atoms with Crippen LogP contribution in [0.1, 0.15) is 34.8 Å². The number of nitrogens with one attached hydrogen (secondary N) is 2. The highest BCUT2D eigenvalue weighted by molar-refractivity contribution is 9.10. The number of halogens is 2. The van der Waals surface area contributed by atoms with Crippen LogP contribution in [0.15, 0.2) is 53.0 Å². The Hall–Kier alpha value is -2.74. The van der Waals surface area contributed by atoms with Gasteiger partial charge in [0, 0.05) is 23.0 Å². The number of esters is 1. The molecule has 28 heavy (non-hydrogen) atoms. The molecule has 8 heteroatoms. The normalized spacial score (nSPS) is 11.4. The summed E-state index contributed by atoms with van der Waals surface area (Å²) in [6.45, 7) is 0.269. The monoisotopic (exact) mass is 450 g/mol. The molecule has 1 unspecified atom stereocenters. The quantitative estimate of drug-likeness (QED) is 0.477. The molecule has 0 spiro atoms. The van der Waals surface area contributed by atoms with Gasteiger partial charge in [0.15, 0.2) is 6.04 Å². The summed E-state index contributed by atoms with van der Waals surface area (Å²) in [7, 11) is 1.26. The molecule has 0 aromatic heterocycles. The van der Waals surface area contributed by atoms with Crippen molar-refractivity contribution in [2.45, 2.75) is 18.9 Å². The number of amides is 2. The van der Waals surface area contributed by atoms with Gasteiger partial charge in [0.2, 0.25) is 5.91 Å². The maximum Gasteiger partial charge on any atom is 0.333 e. The van der Waals surface area contributed by atoms with Gasteiger partial charge in [-0.3, -0.25) is 9.59 Å². The van der Waals surface area contributed by atoms with Gasteiger partial charge < -0.3 is 15.4 Å². The van der Waals surface area contributed by atoms with Gasteiger partial charge in [-0.1, -0.05) is 28.1 Å². The Morgan fingerprint density at radius 3 is 2.32 bits per heavy atom. The van der Waals surface area contributed by atoms with Crippen LogP contribution in [0.25, 0.3) is 0 Å². The molecule has 148 valence electrons. The van der Waals surface area contributed by atoms with Crippen LogP contribution in [-0.2, 0) is 14.3 Å². The van der Waals surface area contributed by atoms with Gasteiger partial charge in [-0.2, -0.15) is 0 Å². The topological polar surface area (TPSA) is 84.5 Å². The number of rotatable bonds is 8. The Balaban J connectivity index is 1.82. The number of hydrogen-bond acceptors (Lipinski definition) is 4. The molecule has 6 nitrogen and oxygen atoms in total. The minimum Gasteiger partial charge on any atom is -0.467 e. The summed E-state index contributed by atoms with van der Waals surface area (Å²) in [6.07, 6.45) is 0.501. The first-order valence-corrected chi connectivity index (χ1v) is 9.36. The number of carbonyl (C=O) groups excluding carboxylic acids is 3. The summed E-state index contributed by atoms with van der Waals surface area (Å²) in [5.74, 6) is -1.67. The van der Waals surface area contributed by atoms with Crippen molar-refractivity contribution < 1.29 is 23.5 Å². The Morgan fingerprint density at radius 2 is 1.71 bits per heavy atom. The highest BCUT2D eigenvalue weighted by Gasteiger charge is 2.23. The van der Waals surface area contributed by atoms with Crippen molar-refractivity contribution >= 4 is 33.7 Å². The number of carbonyl (C=O) groups is 3. The highest BCUT2D eigenvalue weighted by atomic mass is 79.9. The van der Waals surface area contributed by atoms with Gasteiger partial charge >= 0.3 is 5.97 Å². The second-order valence-electron chi connectivity index (χ2n) is 5.94. The standard InChI is InChI=1S/C20H20BrFN2O4/c1-28-20(27)18(13-4-8-15(21)9-5-13)24-17(25)3-2-12-23-19(26)14-6-10-16(22)11-7-14/h4-11,18H,2-3,12H2,1H3,(H,23,26)(H,24,25). The molecule has 2 rings (SSSR count). The molecule has 0 bridgehead atoms. The van der Waals surface area contributed by atoms with Crippen LogP contribution in [0.5, 0.6) is 0 Å². The summed E-state index contributed by atoms with van der Waals surface area (Å²) < 4.78 is 18.5. The Kier molecular flexibility index (Phi) is 8.13. The van der Waals surface area contributed by atoms with Crippen LogP contribution in [0.2, 0.25) is 0 Å². The van der Waals surface area contributed by atoms with Crippen LogP contribution in [0, 0.1) is 5.82 Å². The first-order chi connectivity index (χ1) is 13.4. The molecule has 2 aromatic carbocycles. The van der Waals surface area contributed by atoms with Crippen LogP contribution in [-0.4, -0.2) is 31.4 Å². The molecule has 0 heterocycles. The number of benzene rings is 2. The lowest BCUT2D eigenvalue weighted by Gasteiger charge is -2.17. The van der Waals surface area contributed by atoms with E-state index in [4.69, 9.17) is 4.74 Å². The molecular formula is C20H20BrFN2O4. The van der Waals surface area contributed by atoms with Crippen molar-refractivity contribution in [2.24, 2.45) is 0 Å². The van der Waals surface area contributed by atoms with Crippen molar-refractivity contribution in [1.82, 2.24) is 10.6 Å². The van der Waals surface area contributed by atoms with Gasteiger partial charge in [0.05, 0.1) is 7.11 Å². The first kappa shape index (κ1) is 21.6. The predicted molar refractivity (Wildman–Crippen MR) is 105 cm³/mol. The Labute approximate surface area is 170 Å². The van der Waals surface area contributed by atoms with Gasteiger partial charge in [-0.05, 0) is 48.4 Å². The van der Waals surface area contributed by atoms with E-state index in [9.17, 15) is 18.8 Å². The molecular weight excluding hydrogens is 431 g/mol. The predicted octanol–water partition coefficient (Wildman–Crippen LogP) is 3.13. The molecule has 0 saturated carbocycles. The summed E-state index contributed by atoms with van der Waals surface area (Å²) in [5, 5.41) is 5.31. The van der Waals surface area contributed by atoms with E-state index in [1.165, 1.54) is 31.4 Å². The van der Waals surface area contributed by atoms with E-state index in [1.54, 1.807) is 24.3 Å². The lowest BCUT2D eigenvalue weighted by Crippen LogP contribution is -2.35. The highest BCUT2D eigenvalue weighted by Crippen LogP contribution is 2.18. The number of hydrogen-bond donors (Lipinski definition) is 2. The first-order valence-electron chi connectivity index (χ1n) is 8.57. The average molecular weight is 451 g/mol. The molecule has 0 aliphatic carbocycles. The molecule has 0 radical (unpaired) electrons. The van der Waals surface area contributed by atoms with Crippen LogP contribution >= 0.6 is 15.9 Å². The summed E-state index contributed by atoms with van der Waals surface area (Å²) in [5.41, 5.74) is 0.944. The van der Waals surface area contributed by atoms with E-state index >= 15 is 0 Å². The average Bonchev–Trinajstić information content (AvgIpc) is 2.70. The molecule has 0 saturated heterocycles. The van der Waals surface area contributed by atoms with Crippen LogP contribution in [0.3, 0.4) is 0 Å². The van der Waals surface area contributed by atoms with E-state index in [1.807, 2.05) is 0 Å². The zero-order chi connectivity index (χ0) is 20.5. The Bertz CT molecular complexity index is 825. The van der Waals surface area contributed by atoms with Gasteiger partial charge in [-0.25, -0.2) is 9.18 Å². The van der Waals surface area contributed by atoms with Crippen molar-refractivity contribution in [1.29, 1.82) is 0 Å². The van der Waals surface area contributed by atoms with Crippen molar-refractivity contribution in [3.8, 4) is 0 Å². The molecule has 2 aromatic rings. The fourth-order valence-corrected chi connectivity index (χ4v) is 2.70. The van der Waals surface area contributed by atoms with Crippen molar-refractivity contribution in [3.05, 3.63) is 69.9 Å².